The summed E-state index contributed by atoms with van der Waals surface area (Å²) in [5.74, 6) is 0.668. The summed E-state index contributed by atoms with van der Waals surface area (Å²) in [6.07, 6.45) is 6.76. The van der Waals surface area contributed by atoms with Gasteiger partial charge in [-0.05, 0) is 50.2 Å². The lowest BCUT2D eigenvalue weighted by molar-refractivity contribution is -0.141. The number of hydrogen-bond acceptors (Lipinski definition) is 5. The Kier molecular flexibility index (Phi) is 4.18. The minimum Gasteiger partial charge on any atom is -0.480 e. The largest absolute Gasteiger partial charge is 0.480 e. The van der Waals surface area contributed by atoms with E-state index in [-0.39, 0.29) is 11.9 Å². The van der Waals surface area contributed by atoms with Crippen molar-refractivity contribution in [2.45, 2.75) is 62.9 Å². The van der Waals surface area contributed by atoms with Crippen molar-refractivity contribution in [2.75, 3.05) is 0 Å². The van der Waals surface area contributed by atoms with Crippen LogP contribution in [0.25, 0.3) is 11.4 Å². The van der Waals surface area contributed by atoms with Gasteiger partial charge >= 0.3 is 5.97 Å². The molecule has 2 heterocycles. The summed E-state index contributed by atoms with van der Waals surface area (Å²) in [5, 5.41) is 13.7. The summed E-state index contributed by atoms with van der Waals surface area (Å²) in [5.41, 5.74) is 1.19. The third-order valence-corrected chi connectivity index (χ3v) is 6.34. The van der Waals surface area contributed by atoms with Crippen LogP contribution >= 0.6 is 0 Å². The zero-order chi connectivity index (χ0) is 19.3. The standard InChI is InChI=1S/C21H23N3O4/c25-20(24-16-7-2-1-4-13(16)11-17(24)21(26)27)15-6-3-5-14(10-15)18-22-19(28-23-18)12-8-9-12/h3,5-6,10,12-13,16-17H,1-2,4,7-9,11H2,(H,26,27). The molecule has 3 fully saturated rings. The highest BCUT2D eigenvalue weighted by Gasteiger charge is 2.47. The molecule has 2 saturated carbocycles. The van der Waals surface area contributed by atoms with E-state index >= 15 is 0 Å². The van der Waals surface area contributed by atoms with Crippen LogP contribution in [-0.4, -0.2) is 44.1 Å². The third kappa shape index (κ3) is 2.99. The SMILES string of the molecule is O=C(O)C1CC2CCCCC2N1C(=O)c1cccc(-c2noc(C3CC3)n2)c1. The number of nitrogens with zero attached hydrogens (tertiary/aromatic N) is 3. The van der Waals surface area contributed by atoms with Crippen molar-refractivity contribution in [3.8, 4) is 11.4 Å². The van der Waals surface area contributed by atoms with Gasteiger partial charge in [0.1, 0.15) is 6.04 Å². The first-order valence-corrected chi connectivity index (χ1v) is 10.1. The molecule has 5 rings (SSSR count). The highest BCUT2D eigenvalue weighted by Crippen LogP contribution is 2.41. The molecule has 3 aliphatic rings. The maximum atomic E-state index is 13.3. The molecule has 2 aromatic rings. The molecule has 28 heavy (non-hydrogen) atoms. The van der Waals surface area contributed by atoms with Crippen LogP contribution in [0.2, 0.25) is 0 Å². The Morgan fingerprint density at radius 3 is 2.75 bits per heavy atom. The molecule has 1 amide bonds. The molecule has 2 aliphatic carbocycles. The second-order valence-corrected chi connectivity index (χ2v) is 8.23. The number of likely N-dealkylation sites (tertiary alicyclic amines) is 1. The number of carbonyl (C=O) groups excluding carboxylic acids is 1. The molecule has 7 heteroatoms. The van der Waals surface area contributed by atoms with Gasteiger partial charge in [0.05, 0.1) is 0 Å². The average Bonchev–Trinajstić information content (AvgIpc) is 3.31. The summed E-state index contributed by atoms with van der Waals surface area (Å²) in [6, 6.07) is 6.41. The second kappa shape index (κ2) is 6.72. The van der Waals surface area contributed by atoms with Gasteiger partial charge < -0.3 is 14.5 Å². The van der Waals surface area contributed by atoms with Gasteiger partial charge in [-0.3, -0.25) is 4.79 Å². The van der Waals surface area contributed by atoms with E-state index in [1.807, 2.05) is 6.07 Å². The second-order valence-electron chi connectivity index (χ2n) is 8.23. The van der Waals surface area contributed by atoms with Crippen LogP contribution in [-0.2, 0) is 4.79 Å². The van der Waals surface area contributed by atoms with E-state index in [1.54, 1.807) is 23.1 Å². The monoisotopic (exact) mass is 381 g/mol. The zero-order valence-corrected chi connectivity index (χ0v) is 15.6. The first-order valence-electron chi connectivity index (χ1n) is 10.1. The Morgan fingerprint density at radius 1 is 1.14 bits per heavy atom. The van der Waals surface area contributed by atoms with Crippen LogP contribution in [0.3, 0.4) is 0 Å². The summed E-state index contributed by atoms with van der Waals surface area (Å²) < 4.78 is 5.33. The highest BCUT2D eigenvalue weighted by molar-refractivity contribution is 5.98. The van der Waals surface area contributed by atoms with Crippen LogP contribution in [0.1, 0.15) is 67.1 Å². The average molecular weight is 381 g/mol. The van der Waals surface area contributed by atoms with Crippen LogP contribution in [0, 0.1) is 5.92 Å². The fourth-order valence-corrected chi connectivity index (χ4v) is 4.76. The lowest BCUT2D eigenvalue weighted by atomic mass is 9.84. The normalized spacial score (nSPS) is 26.9. The highest BCUT2D eigenvalue weighted by atomic mass is 16.5. The number of carboxylic acid groups (broad SMARTS) is 1. The molecule has 0 radical (unpaired) electrons. The van der Waals surface area contributed by atoms with Crippen LogP contribution < -0.4 is 0 Å². The molecule has 146 valence electrons. The first kappa shape index (κ1) is 17.4. The van der Waals surface area contributed by atoms with Crippen LogP contribution in [0.15, 0.2) is 28.8 Å². The molecule has 1 aromatic heterocycles. The number of hydrogen-bond donors (Lipinski definition) is 1. The van der Waals surface area contributed by atoms with E-state index < -0.39 is 12.0 Å². The maximum absolute atomic E-state index is 13.3. The topological polar surface area (TPSA) is 96.5 Å². The summed E-state index contributed by atoms with van der Waals surface area (Å²) in [6.45, 7) is 0. The summed E-state index contributed by atoms with van der Waals surface area (Å²) >= 11 is 0. The van der Waals surface area contributed by atoms with Gasteiger partial charge in [-0.25, -0.2) is 4.79 Å². The number of carboxylic acids is 1. The van der Waals surface area contributed by atoms with Crippen molar-refractivity contribution in [3.05, 3.63) is 35.7 Å². The lowest BCUT2D eigenvalue weighted by Crippen LogP contribution is -2.46. The molecule has 1 saturated heterocycles. The minimum absolute atomic E-state index is 0.0256. The Hall–Kier alpha value is -2.70. The number of fused-ring (bicyclic) bond motifs is 1. The van der Waals surface area contributed by atoms with Gasteiger partial charge in [0.25, 0.3) is 5.91 Å². The molecule has 1 aromatic carbocycles. The van der Waals surface area contributed by atoms with Gasteiger partial charge in [0.15, 0.2) is 0 Å². The van der Waals surface area contributed by atoms with Gasteiger partial charge in [0, 0.05) is 23.1 Å². The Bertz CT molecular complexity index is 920. The molecule has 0 bridgehead atoms. The number of amides is 1. The molecule has 0 spiro atoms. The number of rotatable bonds is 4. The zero-order valence-electron chi connectivity index (χ0n) is 15.6. The van der Waals surface area contributed by atoms with E-state index in [0.717, 1.165) is 38.5 Å². The predicted molar refractivity (Wildman–Crippen MR) is 99.7 cm³/mol. The molecular weight excluding hydrogens is 358 g/mol. The molecular formula is C21H23N3O4. The number of aromatic nitrogens is 2. The van der Waals surface area contributed by atoms with Crippen molar-refractivity contribution < 1.29 is 19.2 Å². The van der Waals surface area contributed by atoms with E-state index in [1.165, 1.54) is 0 Å². The van der Waals surface area contributed by atoms with E-state index in [4.69, 9.17) is 4.52 Å². The van der Waals surface area contributed by atoms with Gasteiger partial charge in [-0.15, -0.1) is 0 Å². The minimum atomic E-state index is -0.911. The van der Waals surface area contributed by atoms with Crippen molar-refractivity contribution in [2.24, 2.45) is 5.92 Å². The van der Waals surface area contributed by atoms with Crippen LogP contribution in [0.5, 0.6) is 0 Å². The van der Waals surface area contributed by atoms with Gasteiger partial charge in [-0.2, -0.15) is 4.98 Å². The first-order chi connectivity index (χ1) is 13.6. The molecule has 3 atom stereocenters. The Balaban J connectivity index is 1.44. The van der Waals surface area contributed by atoms with Crippen molar-refractivity contribution in [3.63, 3.8) is 0 Å². The number of benzene rings is 1. The Labute approximate surface area is 162 Å². The van der Waals surface area contributed by atoms with Crippen molar-refractivity contribution in [1.29, 1.82) is 0 Å². The van der Waals surface area contributed by atoms with Gasteiger partial charge in [-0.1, -0.05) is 30.1 Å². The summed E-state index contributed by atoms with van der Waals surface area (Å²) in [4.78, 5) is 31.2. The molecule has 7 nitrogen and oxygen atoms in total. The molecule has 3 unspecified atom stereocenters. The van der Waals surface area contributed by atoms with Crippen LogP contribution in [0.4, 0.5) is 0 Å². The van der Waals surface area contributed by atoms with Crippen molar-refractivity contribution in [1.82, 2.24) is 15.0 Å². The lowest BCUT2D eigenvalue weighted by Gasteiger charge is -2.33. The maximum Gasteiger partial charge on any atom is 0.326 e. The number of aliphatic carboxylic acids is 1. The van der Waals surface area contributed by atoms with E-state index in [0.29, 0.717) is 41.1 Å². The quantitative estimate of drug-likeness (QED) is 0.871. The Morgan fingerprint density at radius 2 is 1.96 bits per heavy atom. The van der Waals surface area contributed by atoms with E-state index in [2.05, 4.69) is 10.1 Å². The fourth-order valence-electron chi connectivity index (χ4n) is 4.76. The fraction of sp³-hybridized carbons (Fsp3) is 0.524. The summed E-state index contributed by atoms with van der Waals surface area (Å²) in [7, 11) is 0. The molecule has 1 N–H and O–H groups in total. The van der Waals surface area contributed by atoms with Gasteiger partial charge in [0.2, 0.25) is 11.7 Å². The van der Waals surface area contributed by atoms with Crippen molar-refractivity contribution >= 4 is 11.9 Å². The third-order valence-electron chi connectivity index (χ3n) is 6.34. The van der Waals surface area contributed by atoms with E-state index in [9.17, 15) is 14.7 Å². The number of carbonyl (C=O) groups is 2. The smallest absolute Gasteiger partial charge is 0.326 e. The molecule has 1 aliphatic heterocycles. The predicted octanol–water partition coefficient (Wildman–Crippen LogP) is 3.47.